The van der Waals surface area contributed by atoms with Gasteiger partial charge in [-0.15, -0.1) is 13.2 Å². The minimum atomic E-state index is -1.67. The van der Waals surface area contributed by atoms with Crippen molar-refractivity contribution in [3.63, 3.8) is 0 Å². The smallest absolute Gasteiger partial charge is 0.469 e. The average molecular weight is 617 g/mol. The van der Waals surface area contributed by atoms with Crippen LogP contribution in [0.5, 0.6) is 0 Å². The lowest BCUT2D eigenvalue weighted by molar-refractivity contribution is -0.161. The second-order valence-electron chi connectivity index (χ2n) is 13.6. The molecule has 10 nitrogen and oxygen atoms in total. The molecule has 1 aromatic rings. The van der Waals surface area contributed by atoms with Gasteiger partial charge >= 0.3 is 12.2 Å². The molecule has 3 unspecified atom stereocenters. The highest BCUT2D eigenvalue weighted by Gasteiger charge is 2.57. The van der Waals surface area contributed by atoms with Crippen molar-refractivity contribution in [2.24, 2.45) is 5.41 Å². The molecule has 3 amide bonds. The van der Waals surface area contributed by atoms with E-state index in [0.29, 0.717) is 37.9 Å². The number of furan rings is 1. The van der Waals surface area contributed by atoms with Crippen LogP contribution in [0.4, 0.5) is 9.59 Å². The van der Waals surface area contributed by atoms with Crippen LogP contribution < -0.4 is 0 Å². The van der Waals surface area contributed by atoms with E-state index in [-0.39, 0.29) is 12.5 Å². The molecule has 1 aliphatic rings. The van der Waals surface area contributed by atoms with Gasteiger partial charge in [0.15, 0.2) is 0 Å². The Morgan fingerprint density at radius 2 is 1.73 bits per heavy atom. The van der Waals surface area contributed by atoms with E-state index in [1.54, 1.807) is 72.6 Å². The zero-order chi connectivity index (χ0) is 33.3. The number of allylic oxidation sites excluding steroid dienone is 2. The monoisotopic (exact) mass is 616 g/mol. The van der Waals surface area contributed by atoms with Crippen molar-refractivity contribution in [3.05, 3.63) is 49.0 Å². The summed E-state index contributed by atoms with van der Waals surface area (Å²) in [5.41, 5.74) is -2.69. The van der Waals surface area contributed by atoms with Crippen molar-refractivity contribution in [1.29, 1.82) is 0 Å². The number of ether oxygens (including phenoxy) is 3. The summed E-state index contributed by atoms with van der Waals surface area (Å²) in [4.78, 5) is 57.6. The largest absolute Gasteiger partial charge is 0.508 e. The number of hydrogen-bond donors (Lipinski definition) is 0. The van der Waals surface area contributed by atoms with E-state index in [9.17, 15) is 19.2 Å². The molecule has 0 aliphatic carbocycles. The Bertz CT molecular complexity index is 1170. The number of nitrogens with zero attached hydrogens (tertiary/aromatic N) is 2. The number of piperidine rings is 1. The Morgan fingerprint density at radius 3 is 2.32 bits per heavy atom. The van der Waals surface area contributed by atoms with Crippen LogP contribution in [0.3, 0.4) is 0 Å². The van der Waals surface area contributed by atoms with Crippen molar-refractivity contribution in [3.8, 4) is 0 Å². The van der Waals surface area contributed by atoms with E-state index in [4.69, 9.17) is 18.6 Å². The summed E-state index contributed by atoms with van der Waals surface area (Å²) in [6.07, 6.45) is 7.62. The maximum Gasteiger partial charge on any atom is 0.508 e. The topological polar surface area (TPSA) is 116 Å². The van der Waals surface area contributed by atoms with Crippen LogP contribution in [0.2, 0.25) is 0 Å². The third-order valence-electron chi connectivity index (χ3n) is 7.40. The minimum absolute atomic E-state index is 0.350. The summed E-state index contributed by atoms with van der Waals surface area (Å²) >= 11 is 0. The number of amides is 3. The summed E-state index contributed by atoms with van der Waals surface area (Å²) < 4.78 is 22.0. The molecule has 44 heavy (non-hydrogen) atoms. The fourth-order valence-corrected chi connectivity index (χ4v) is 5.22. The van der Waals surface area contributed by atoms with E-state index >= 15 is 0 Å². The molecule has 1 fully saturated rings. The molecule has 0 spiro atoms. The van der Waals surface area contributed by atoms with Crippen molar-refractivity contribution >= 4 is 24.1 Å². The first-order chi connectivity index (χ1) is 20.4. The van der Waals surface area contributed by atoms with Crippen LogP contribution in [0.25, 0.3) is 0 Å². The summed E-state index contributed by atoms with van der Waals surface area (Å²) in [5.74, 6) is -0.958. The Balaban J connectivity index is 2.53. The van der Waals surface area contributed by atoms with Crippen LogP contribution in [-0.2, 0) is 30.2 Å². The molecule has 2 heterocycles. The van der Waals surface area contributed by atoms with Gasteiger partial charge in [0.1, 0.15) is 29.0 Å². The second-order valence-corrected chi connectivity index (χ2v) is 13.6. The maximum atomic E-state index is 14.7. The Hall–Kier alpha value is -3.56. The van der Waals surface area contributed by atoms with Crippen LogP contribution in [0, 0.1) is 5.41 Å². The number of aryl methyl sites for hydroxylation is 1. The molecule has 1 aliphatic heterocycles. The van der Waals surface area contributed by atoms with E-state index in [0.717, 1.165) is 29.9 Å². The zero-order valence-electron chi connectivity index (χ0n) is 27.9. The van der Waals surface area contributed by atoms with E-state index in [2.05, 4.69) is 13.2 Å². The number of carbonyl (C=O) groups excluding carboxylic acids is 4. The molecule has 0 saturated carbocycles. The molecule has 1 aromatic heterocycles. The lowest BCUT2D eigenvalue weighted by Crippen LogP contribution is -2.62. The Labute approximate surface area is 262 Å². The van der Waals surface area contributed by atoms with Gasteiger partial charge in [-0.3, -0.25) is 9.59 Å². The Morgan fingerprint density at radius 1 is 1.09 bits per heavy atom. The van der Waals surface area contributed by atoms with Gasteiger partial charge in [0.05, 0.1) is 12.3 Å². The van der Waals surface area contributed by atoms with Gasteiger partial charge in [-0.2, -0.15) is 0 Å². The zero-order valence-corrected chi connectivity index (χ0v) is 27.9. The van der Waals surface area contributed by atoms with Crippen LogP contribution >= 0.6 is 0 Å². The molecule has 246 valence electrons. The summed E-state index contributed by atoms with van der Waals surface area (Å²) in [5, 5.41) is 0. The molecular formula is C34H52N2O8. The number of hydrogen-bond acceptors (Lipinski definition) is 8. The third-order valence-corrected chi connectivity index (χ3v) is 7.40. The minimum Gasteiger partial charge on any atom is -0.469 e. The highest BCUT2D eigenvalue weighted by Crippen LogP contribution is 2.46. The predicted molar refractivity (Wildman–Crippen MR) is 168 cm³/mol. The normalized spacial score (nSPS) is 19.6. The predicted octanol–water partition coefficient (Wildman–Crippen LogP) is 7.18. The molecule has 1 saturated heterocycles. The van der Waals surface area contributed by atoms with Crippen LogP contribution in [0.1, 0.15) is 105 Å². The molecule has 0 radical (unpaired) electrons. The van der Waals surface area contributed by atoms with Gasteiger partial charge in [0.2, 0.25) is 11.8 Å². The Kier molecular flexibility index (Phi) is 12.9. The van der Waals surface area contributed by atoms with Crippen molar-refractivity contribution < 1.29 is 37.8 Å². The molecule has 2 rings (SSSR count). The molecule has 10 heteroatoms. The van der Waals surface area contributed by atoms with Gasteiger partial charge in [-0.1, -0.05) is 12.2 Å². The molecular weight excluding hydrogens is 564 g/mol. The van der Waals surface area contributed by atoms with Crippen molar-refractivity contribution in [1.82, 2.24) is 9.80 Å². The quantitative estimate of drug-likeness (QED) is 0.0991. The van der Waals surface area contributed by atoms with Crippen molar-refractivity contribution in [2.45, 2.75) is 117 Å². The fraction of sp³-hybridized carbons (Fsp3) is 0.647. The highest BCUT2D eigenvalue weighted by atomic mass is 16.7. The van der Waals surface area contributed by atoms with Crippen LogP contribution in [-0.4, -0.2) is 70.8 Å². The highest BCUT2D eigenvalue weighted by molar-refractivity contribution is 6.10. The van der Waals surface area contributed by atoms with Gasteiger partial charge in [-0.05, 0) is 99.1 Å². The van der Waals surface area contributed by atoms with E-state index < -0.39 is 46.7 Å². The summed E-state index contributed by atoms with van der Waals surface area (Å²) in [6.45, 7) is 21.4. The maximum absolute atomic E-state index is 14.7. The van der Waals surface area contributed by atoms with Crippen molar-refractivity contribution in [2.75, 3.05) is 19.7 Å². The number of rotatable bonds is 13. The second kappa shape index (κ2) is 15.4. The van der Waals surface area contributed by atoms with Gasteiger partial charge < -0.3 is 23.5 Å². The average Bonchev–Trinajstić information content (AvgIpc) is 3.37. The first-order valence-corrected chi connectivity index (χ1v) is 15.5. The summed E-state index contributed by atoms with van der Waals surface area (Å²) in [6, 6.07) is 0.908. The van der Waals surface area contributed by atoms with Crippen LogP contribution in [0.15, 0.2) is 42.1 Å². The lowest BCUT2D eigenvalue weighted by atomic mass is 9.67. The molecule has 0 bridgehead atoms. The first-order valence-electron chi connectivity index (χ1n) is 15.5. The number of unbranched alkanes of at least 4 members (excludes halogenated alkanes) is 2. The SMILES string of the molecule is C=CCCCCN1CCC(c2coc(CCC=C)c2)C(C)(C(=O)N(C(=O)OC(C)(C)C)C(C)COC(=O)OC(C)(C)C)C1=O. The molecule has 0 N–H and O–H groups in total. The number of carbonyl (C=O) groups is 4. The van der Waals surface area contributed by atoms with Gasteiger partial charge in [0.25, 0.3) is 0 Å². The summed E-state index contributed by atoms with van der Waals surface area (Å²) in [7, 11) is 0. The number of imide groups is 1. The molecule has 3 atom stereocenters. The van der Waals surface area contributed by atoms with Gasteiger partial charge in [-0.25, -0.2) is 14.5 Å². The standard InChI is InChI=1S/C34H52N2O8/c1-11-13-15-16-19-35-20-18-27(25-21-26(41-23-25)17-14-12-2)34(10,28(35)37)29(38)36(30(39)43-32(4,5)6)24(3)22-42-31(40)44-33(7,8)9/h11-12,21,23-24,27H,1-2,13-20,22H2,3-10H3. The fourth-order valence-electron chi connectivity index (χ4n) is 5.22. The third kappa shape index (κ3) is 9.99. The van der Waals surface area contributed by atoms with E-state index in [1.807, 2.05) is 12.1 Å². The lowest BCUT2D eigenvalue weighted by Gasteiger charge is -2.46. The molecule has 0 aromatic carbocycles. The van der Waals surface area contributed by atoms with Gasteiger partial charge in [0, 0.05) is 25.4 Å². The van der Waals surface area contributed by atoms with E-state index in [1.165, 1.54) is 0 Å². The number of likely N-dealkylation sites (tertiary alicyclic amines) is 1. The first kappa shape index (κ1) is 36.6.